The summed E-state index contributed by atoms with van der Waals surface area (Å²) in [6, 6.07) is 12.3. The molecule has 1 fully saturated rings. The molecule has 1 aliphatic rings. The SMILES string of the molecule is CC1CCCN(c2ccnc(NCc3ccccc3)n2)C1. The van der Waals surface area contributed by atoms with Gasteiger partial charge in [0.25, 0.3) is 0 Å². The van der Waals surface area contributed by atoms with E-state index in [4.69, 9.17) is 0 Å². The van der Waals surface area contributed by atoms with E-state index in [1.54, 1.807) is 0 Å². The molecule has 0 spiro atoms. The standard InChI is InChI=1S/C17H22N4/c1-14-6-5-11-21(13-14)16-9-10-18-17(20-16)19-12-15-7-3-2-4-8-15/h2-4,7-10,14H,5-6,11-13H2,1H3,(H,18,19,20). The lowest BCUT2D eigenvalue weighted by atomic mass is 10.0. The Balaban J connectivity index is 1.65. The van der Waals surface area contributed by atoms with Crippen molar-refractivity contribution in [1.82, 2.24) is 9.97 Å². The molecule has 1 unspecified atom stereocenters. The molecule has 2 aromatic rings. The van der Waals surface area contributed by atoms with Gasteiger partial charge in [0.15, 0.2) is 0 Å². The van der Waals surface area contributed by atoms with Gasteiger partial charge in [-0.3, -0.25) is 0 Å². The van der Waals surface area contributed by atoms with E-state index in [2.05, 4.69) is 39.2 Å². The summed E-state index contributed by atoms with van der Waals surface area (Å²) in [4.78, 5) is 11.3. The van der Waals surface area contributed by atoms with Crippen molar-refractivity contribution in [2.24, 2.45) is 5.92 Å². The second kappa shape index (κ2) is 6.57. The van der Waals surface area contributed by atoms with Crippen molar-refractivity contribution in [2.45, 2.75) is 26.3 Å². The molecule has 21 heavy (non-hydrogen) atoms. The first kappa shape index (κ1) is 13.9. The van der Waals surface area contributed by atoms with Crippen LogP contribution in [0.25, 0.3) is 0 Å². The number of benzene rings is 1. The van der Waals surface area contributed by atoms with Gasteiger partial charge in [0, 0.05) is 25.8 Å². The summed E-state index contributed by atoms with van der Waals surface area (Å²) in [7, 11) is 0. The zero-order chi connectivity index (χ0) is 14.5. The fourth-order valence-corrected chi connectivity index (χ4v) is 2.78. The van der Waals surface area contributed by atoms with Crippen LogP contribution in [-0.4, -0.2) is 23.1 Å². The Morgan fingerprint density at radius 3 is 2.90 bits per heavy atom. The summed E-state index contributed by atoms with van der Waals surface area (Å²) in [6.45, 7) is 5.25. The number of hydrogen-bond donors (Lipinski definition) is 1. The molecule has 110 valence electrons. The summed E-state index contributed by atoms with van der Waals surface area (Å²) in [5.74, 6) is 2.48. The molecule has 0 saturated carbocycles. The first-order chi connectivity index (χ1) is 10.3. The van der Waals surface area contributed by atoms with Gasteiger partial charge in [-0.25, -0.2) is 4.98 Å². The number of rotatable bonds is 4. The number of piperidine rings is 1. The van der Waals surface area contributed by atoms with Crippen LogP contribution in [0, 0.1) is 5.92 Å². The van der Waals surface area contributed by atoms with Crippen LogP contribution >= 0.6 is 0 Å². The van der Waals surface area contributed by atoms with Gasteiger partial charge in [-0.2, -0.15) is 4.98 Å². The predicted octanol–water partition coefficient (Wildman–Crippen LogP) is 3.33. The molecule has 1 N–H and O–H groups in total. The summed E-state index contributed by atoms with van der Waals surface area (Å²) in [5, 5.41) is 3.30. The highest BCUT2D eigenvalue weighted by atomic mass is 15.2. The molecule has 1 atom stereocenters. The molecule has 4 nitrogen and oxygen atoms in total. The summed E-state index contributed by atoms with van der Waals surface area (Å²) in [5.41, 5.74) is 1.23. The van der Waals surface area contributed by atoms with E-state index in [-0.39, 0.29) is 0 Å². The molecule has 0 bridgehead atoms. The fourth-order valence-electron chi connectivity index (χ4n) is 2.78. The maximum Gasteiger partial charge on any atom is 0.224 e. The molecule has 1 aromatic heterocycles. The second-order valence-corrected chi connectivity index (χ2v) is 5.77. The molecule has 0 radical (unpaired) electrons. The minimum atomic E-state index is 0.703. The highest BCUT2D eigenvalue weighted by Crippen LogP contribution is 2.21. The maximum atomic E-state index is 4.65. The number of anilines is 2. The summed E-state index contributed by atoms with van der Waals surface area (Å²) in [6.07, 6.45) is 4.41. The molecular formula is C17H22N4. The van der Waals surface area contributed by atoms with Crippen molar-refractivity contribution >= 4 is 11.8 Å². The second-order valence-electron chi connectivity index (χ2n) is 5.77. The van der Waals surface area contributed by atoms with Gasteiger partial charge in [-0.15, -0.1) is 0 Å². The van der Waals surface area contributed by atoms with Crippen LogP contribution in [0.4, 0.5) is 11.8 Å². The van der Waals surface area contributed by atoms with Gasteiger partial charge in [0.1, 0.15) is 5.82 Å². The largest absolute Gasteiger partial charge is 0.356 e. The maximum absolute atomic E-state index is 4.65. The van der Waals surface area contributed by atoms with E-state index in [1.165, 1.54) is 18.4 Å². The molecule has 0 aliphatic carbocycles. The average Bonchev–Trinajstić information content (AvgIpc) is 2.54. The molecule has 4 heteroatoms. The van der Waals surface area contributed by atoms with Crippen molar-refractivity contribution < 1.29 is 0 Å². The van der Waals surface area contributed by atoms with Crippen LogP contribution in [0.5, 0.6) is 0 Å². The molecule has 1 aromatic carbocycles. The zero-order valence-corrected chi connectivity index (χ0v) is 12.5. The fraction of sp³-hybridized carbons (Fsp3) is 0.412. The van der Waals surface area contributed by atoms with Gasteiger partial charge >= 0.3 is 0 Å². The lowest BCUT2D eigenvalue weighted by molar-refractivity contribution is 0.444. The molecule has 3 rings (SSSR count). The lowest BCUT2D eigenvalue weighted by Crippen LogP contribution is -2.34. The normalized spacial score (nSPS) is 18.5. The minimum absolute atomic E-state index is 0.703. The van der Waals surface area contributed by atoms with E-state index in [1.807, 2.05) is 30.5 Å². The van der Waals surface area contributed by atoms with Crippen molar-refractivity contribution in [3.63, 3.8) is 0 Å². The highest BCUT2D eigenvalue weighted by molar-refractivity contribution is 5.43. The van der Waals surface area contributed by atoms with Crippen LogP contribution in [-0.2, 0) is 6.54 Å². The third kappa shape index (κ3) is 3.72. The van der Waals surface area contributed by atoms with Crippen molar-refractivity contribution in [3.05, 3.63) is 48.2 Å². The van der Waals surface area contributed by atoms with Gasteiger partial charge < -0.3 is 10.2 Å². The Bertz CT molecular complexity index is 570. The lowest BCUT2D eigenvalue weighted by Gasteiger charge is -2.31. The van der Waals surface area contributed by atoms with Gasteiger partial charge in [-0.1, -0.05) is 37.3 Å². The number of hydrogen-bond acceptors (Lipinski definition) is 4. The number of nitrogens with zero attached hydrogens (tertiary/aromatic N) is 3. The first-order valence-corrected chi connectivity index (χ1v) is 7.67. The Morgan fingerprint density at radius 1 is 1.24 bits per heavy atom. The predicted molar refractivity (Wildman–Crippen MR) is 86.4 cm³/mol. The van der Waals surface area contributed by atoms with Crippen LogP contribution in [0.3, 0.4) is 0 Å². The first-order valence-electron chi connectivity index (χ1n) is 7.67. The van der Waals surface area contributed by atoms with E-state index in [9.17, 15) is 0 Å². The summed E-state index contributed by atoms with van der Waals surface area (Å²) >= 11 is 0. The van der Waals surface area contributed by atoms with Crippen LogP contribution in [0.2, 0.25) is 0 Å². The van der Waals surface area contributed by atoms with E-state index in [0.717, 1.165) is 31.4 Å². The van der Waals surface area contributed by atoms with Crippen LogP contribution < -0.4 is 10.2 Å². The molecule has 0 amide bonds. The number of nitrogens with one attached hydrogen (secondary N) is 1. The van der Waals surface area contributed by atoms with E-state index < -0.39 is 0 Å². The third-order valence-corrected chi connectivity index (χ3v) is 3.92. The molecule has 1 saturated heterocycles. The zero-order valence-electron chi connectivity index (χ0n) is 12.5. The van der Waals surface area contributed by atoms with Gasteiger partial charge in [0.2, 0.25) is 5.95 Å². The van der Waals surface area contributed by atoms with Crippen LogP contribution in [0.1, 0.15) is 25.3 Å². The topological polar surface area (TPSA) is 41.1 Å². The van der Waals surface area contributed by atoms with Gasteiger partial charge in [-0.05, 0) is 30.4 Å². The summed E-state index contributed by atoms with van der Waals surface area (Å²) < 4.78 is 0. The monoisotopic (exact) mass is 282 g/mol. The van der Waals surface area contributed by atoms with Crippen molar-refractivity contribution in [1.29, 1.82) is 0 Å². The molecular weight excluding hydrogens is 260 g/mol. The molecule has 2 heterocycles. The number of aromatic nitrogens is 2. The smallest absolute Gasteiger partial charge is 0.224 e. The Hall–Kier alpha value is -2.10. The van der Waals surface area contributed by atoms with Crippen molar-refractivity contribution in [2.75, 3.05) is 23.3 Å². The van der Waals surface area contributed by atoms with Gasteiger partial charge in [0.05, 0.1) is 0 Å². The quantitative estimate of drug-likeness (QED) is 0.934. The van der Waals surface area contributed by atoms with E-state index >= 15 is 0 Å². The Kier molecular flexibility index (Phi) is 4.34. The highest BCUT2D eigenvalue weighted by Gasteiger charge is 2.17. The minimum Gasteiger partial charge on any atom is -0.356 e. The van der Waals surface area contributed by atoms with Crippen molar-refractivity contribution in [3.8, 4) is 0 Å². The Labute approximate surface area is 126 Å². The van der Waals surface area contributed by atoms with E-state index in [0.29, 0.717) is 5.95 Å². The third-order valence-electron chi connectivity index (χ3n) is 3.92. The van der Waals surface area contributed by atoms with Crippen LogP contribution in [0.15, 0.2) is 42.6 Å². The molecule has 1 aliphatic heterocycles. The average molecular weight is 282 g/mol. The Morgan fingerprint density at radius 2 is 2.10 bits per heavy atom.